The Morgan fingerprint density at radius 2 is 2.16 bits per heavy atom. The predicted molar refractivity (Wildman–Crippen MR) is 105 cm³/mol. The Balaban J connectivity index is 2.30. The monoisotopic (exact) mass is 360 g/mol. The van der Waals surface area contributed by atoms with Gasteiger partial charge in [0, 0.05) is 12.6 Å². The fraction of sp³-hybridized carbons (Fsp3) is 0.524. The lowest BCUT2D eigenvalue weighted by molar-refractivity contribution is 0.158. The SMILES string of the molecule is C/C=C1/CCC2N(C)CCc3cc(Cl)c(OC)cc3C2(N)/C1=C/CC. The van der Waals surface area contributed by atoms with E-state index in [1.54, 1.807) is 7.11 Å². The lowest BCUT2D eigenvalue weighted by atomic mass is 9.66. The summed E-state index contributed by atoms with van der Waals surface area (Å²) in [4.78, 5) is 2.43. The molecular formula is C21H29ClN2O. The first-order valence-electron chi connectivity index (χ1n) is 9.19. The summed E-state index contributed by atoms with van der Waals surface area (Å²) in [7, 11) is 3.86. The van der Waals surface area contributed by atoms with Gasteiger partial charge in [0.2, 0.25) is 0 Å². The van der Waals surface area contributed by atoms with E-state index < -0.39 is 5.54 Å². The van der Waals surface area contributed by atoms with E-state index in [0.29, 0.717) is 10.8 Å². The summed E-state index contributed by atoms with van der Waals surface area (Å²) in [6.07, 6.45) is 8.61. The number of ether oxygens (including phenoxy) is 1. The molecule has 0 aromatic heterocycles. The summed E-state index contributed by atoms with van der Waals surface area (Å²) in [5, 5.41) is 0.661. The van der Waals surface area contributed by atoms with E-state index >= 15 is 0 Å². The molecule has 0 bridgehead atoms. The lowest BCUT2D eigenvalue weighted by Gasteiger charge is -2.48. The minimum absolute atomic E-state index is 0.279. The molecule has 25 heavy (non-hydrogen) atoms. The molecule has 3 rings (SSSR count). The Labute approximate surface area is 156 Å². The van der Waals surface area contributed by atoms with Crippen LogP contribution in [0.4, 0.5) is 0 Å². The van der Waals surface area contributed by atoms with E-state index in [1.165, 1.54) is 22.3 Å². The van der Waals surface area contributed by atoms with Gasteiger partial charge in [-0.3, -0.25) is 0 Å². The fourth-order valence-electron chi connectivity index (χ4n) is 4.59. The van der Waals surface area contributed by atoms with E-state index in [1.807, 2.05) is 6.07 Å². The zero-order valence-corrected chi connectivity index (χ0v) is 16.5. The van der Waals surface area contributed by atoms with Crippen LogP contribution in [0.5, 0.6) is 5.75 Å². The van der Waals surface area contributed by atoms with Crippen LogP contribution in [0.1, 0.15) is 44.2 Å². The number of hydrogen-bond donors (Lipinski definition) is 1. The van der Waals surface area contributed by atoms with Crippen molar-refractivity contribution in [1.82, 2.24) is 4.90 Å². The van der Waals surface area contributed by atoms with Crippen molar-refractivity contribution in [1.29, 1.82) is 0 Å². The zero-order valence-electron chi connectivity index (χ0n) is 15.7. The maximum atomic E-state index is 7.29. The quantitative estimate of drug-likeness (QED) is 0.847. The van der Waals surface area contributed by atoms with Gasteiger partial charge in [-0.2, -0.15) is 0 Å². The smallest absolute Gasteiger partial charge is 0.137 e. The zero-order chi connectivity index (χ0) is 18.2. The molecule has 0 radical (unpaired) electrons. The van der Waals surface area contributed by atoms with Gasteiger partial charge >= 0.3 is 0 Å². The van der Waals surface area contributed by atoms with Crippen molar-refractivity contribution in [2.75, 3.05) is 20.7 Å². The number of hydrogen-bond acceptors (Lipinski definition) is 3. The summed E-state index contributed by atoms with van der Waals surface area (Å²) in [6.45, 7) is 5.28. The van der Waals surface area contributed by atoms with Gasteiger partial charge < -0.3 is 15.4 Å². The molecule has 1 aliphatic heterocycles. The van der Waals surface area contributed by atoms with Crippen LogP contribution in [-0.2, 0) is 12.0 Å². The first kappa shape index (κ1) is 18.5. The molecule has 2 unspecified atom stereocenters. The molecule has 2 aliphatic rings. The van der Waals surface area contributed by atoms with Crippen LogP contribution in [0, 0.1) is 0 Å². The van der Waals surface area contributed by atoms with E-state index in [-0.39, 0.29) is 6.04 Å². The normalized spacial score (nSPS) is 30.1. The van der Waals surface area contributed by atoms with Crippen LogP contribution in [0.15, 0.2) is 35.4 Å². The van der Waals surface area contributed by atoms with Crippen LogP contribution < -0.4 is 10.5 Å². The maximum Gasteiger partial charge on any atom is 0.137 e. The first-order chi connectivity index (χ1) is 12.0. The number of methoxy groups -OCH3 is 1. The van der Waals surface area contributed by atoms with Crippen molar-refractivity contribution in [2.24, 2.45) is 5.73 Å². The second kappa shape index (κ2) is 7.14. The second-order valence-corrected chi connectivity index (χ2v) is 7.55. The number of likely N-dealkylation sites (N-methyl/N-ethyl adjacent to an activating group) is 1. The molecule has 1 aromatic rings. The Morgan fingerprint density at radius 3 is 2.80 bits per heavy atom. The summed E-state index contributed by atoms with van der Waals surface area (Å²) in [5.74, 6) is 0.706. The van der Waals surface area contributed by atoms with E-state index in [0.717, 1.165) is 32.2 Å². The van der Waals surface area contributed by atoms with Crippen LogP contribution in [-0.4, -0.2) is 31.6 Å². The predicted octanol–water partition coefficient (Wildman–Crippen LogP) is 4.44. The van der Waals surface area contributed by atoms with Crippen molar-refractivity contribution in [3.8, 4) is 5.75 Å². The van der Waals surface area contributed by atoms with Gasteiger partial charge in [0.15, 0.2) is 0 Å². The number of fused-ring (bicyclic) bond motifs is 3. The molecule has 0 amide bonds. The maximum absolute atomic E-state index is 7.29. The third-order valence-electron chi connectivity index (χ3n) is 5.85. The van der Waals surface area contributed by atoms with Crippen molar-refractivity contribution in [3.63, 3.8) is 0 Å². The van der Waals surface area contributed by atoms with Crippen molar-refractivity contribution in [2.45, 2.75) is 51.1 Å². The van der Waals surface area contributed by atoms with E-state index in [4.69, 9.17) is 22.1 Å². The highest BCUT2D eigenvalue weighted by Crippen LogP contribution is 2.48. The average Bonchev–Trinajstić information content (AvgIpc) is 2.70. The van der Waals surface area contributed by atoms with Gasteiger partial charge in [0.1, 0.15) is 5.75 Å². The van der Waals surface area contributed by atoms with Gasteiger partial charge in [-0.05, 0) is 74.1 Å². The largest absolute Gasteiger partial charge is 0.495 e. The highest BCUT2D eigenvalue weighted by molar-refractivity contribution is 6.32. The van der Waals surface area contributed by atoms with Gasteiger partial charge in [-0.25, -0.2) is 0 Å². The summed E-state index contributed by atoms with van der Waals surface area (Å²) >= 11 is 6.42. The highest BCUT2D eigenvalue weighted by Gasteiger charge is 2.48. The van der Waals surface area contributed by atoms with Crippen molar-refractivity contribution >= 4 is 11.6 Å². The molecule has 1 fully saturated rings. The number of nitrogens with two attached hydrogens (primary N) is 1. The summed E-state index contributed by atoms with van der Waals surface area (Å²) in [5.41, 5.74) is 11.8. The Kier molecular flexibility index (Phi) is 5.29. The van der Waals surface area contributed by atoms with Gasteiger partial charge in [0.25, 0.3) is 0 Å². The molecule has 1 heterocycles. The van der Waals surface area contributed by atoms with Crippen LogP contribution >= 0.6 is 11.6 Å². The molecule has 136 valence electrons. The molecule has 4 heteroatoms. The average molecular weight is 361 g/mol. The number of rotatable bonds is 2. The van der Waals surface area contributed by atoms with Crippen LogP contribution in [0.3, 0.4) is 0 Å². The first-order valence-corrected chi connectivity index (χ1v) is 9.57. The van der Waals surface area contributed by atoms with E-state index in [2.05, 4.69) is 44.0 Å². The van der Waals surface area contributed by atoms with Gasteiger partial charge in [-0.15, -0.1) is 0 Å². The molecule has 2 atom stereocenters. The Hall–Kier alpha value is -1.29. The number of halogens is 1. The van der Waals surface area contributed by atoms with Crippen LogP contribution in [0.2, 0.25) is 5.02 Å². The van der Waals surface area contributed by atoms with Crippen LogP contribution in [0.25, 0.3) is 0 Å². The number of nitrogens with zero attached hydrogens (tertiary/aromatic N) is 1. The van der Waals surface area contributed by atoms with Crippen molar-refractivity contribution < 1.29 is 4.74 Å². The molecule has 1 saturated carbocycles. The minimum atomic E-state index is -0.533. The molecule has 1 aromatic carbocycles. The van der Waals surface area contributed by atoms with Gasteiger partial charge in [0.05, 0.1) is 17.7 Å². The number of benzene rings is 1. The summed E-state index contributed by atoms with van der Waals surface area (Å²) in [6, 6.07) is 4.40. The topological polar surface area (TPSA) is 38.5 Å². The standard InChI is InChI=1S/C21H29ClN2O/c1-5-7-16-14(6-2)8-9-20-21(16,23)17-13-19(25-4)18(22)12-15(17)10-11-24(20)3/h6-7,12-13,20H,5,8-11,23H2,1-4H3/b14-6-,16-7+. The third kappa shape index (κ3) is 2.92. The number of allylic oxidation sites excluding steroid dienone is 2. The summed E-state index contributed by atoms with van der Waals surface area (Å²) < 4.78 is 5.52. The molecule has 0 saturated heterocycles. The molecule has 2 N–H and O–H groups in total. The van der Waals surface area contributed by atoms with Crippen molar-refractivity contribution in [3.05, 3.63) is 51.6 Å². The third-order valence-corrected chi connectivity index (χ3v) is 6.15. The second-order valence-electron chi connectivity index (χ2n) is 7.14. The molecular weight excluding hydrogens is 332 g/mol. The highest BCUT2D eigenvalue weighted by atomic mass is 35.5. The lowest BCUT2D eigenvalue weighted by Crippen LogP contribution is -2.57. The molecule has 1 aliphatic carbocycles. The Morgan fingerprint density at radius 1 is 1.40 bits per heavy atom. The fourth-order valence-corrected chi connectivity index (χ4v) is 4.86. The minimum Gasteiger partial charge on any atom is -0.495 e. The Bertz CT molecular complexity index is 725. The van der Waals surface area contributed by atoms with Gasteiger partial charge in [-0.1, -0.05) is 30.7 Å². The molecule has 3 nitrogen and oxygen atoms in total. The molecule has 0 spiro atoms. The van der Waals surface area contributed by atoms with E-state index in [9.17, 15) is 0 Å².